The van der Waals surface area contributed by atoms with E-state index < -0.39 is 0 Å². The molecule has 0 spiro atoms. The quantitative estimate of drug-likeness (QED) is 0.761. The summed E-state index contributed by atoms with van der Waals surface area (Å²) < 4.78 is 17.3. The van der Waals surface area contributed by atoms with Gasteiger partial charge in [-0.05, 0) is 24.6 Å². The molecule has 3 atom stereocenters. The van der Waals surface area contributed by atoms with Gasteiger partial charge in [0.25, 0.3) is 0 Å². The molecule has 3 heterocycles. The van der Waals surface area contributed by atoms with Gasteiger partial charge in [0.2, 0.25) is 11.8 Å². The Kier molecular flexibility index (Phi) is 5.28. The first-order valence-corrected chi connectivity index (χ1v) is 10.8. The summed E-state index contributed by atoms with van der Waals surface area (Å²) in [6.07, 6.45) is 0.00321. The van der Waals surface area contributed by atoms with Crippen LogP contribution in [0.5, 0.6) is 11.5 Å². The van der Waals surface area contributed by atoms with Gasteiger partial charge in [-0.1, -0.05) is 30.3 Å². The van der Waals surface area contributed by atoms with E-state index in [-0.39, 0.29) is 36.4 Å². The molecule has 2 aromatic rings. The number of rotatable bonds is 3. The Hall–Kier alpha value is -3.06. The van der Waals surface area contributed by atoms with Crippen molar-refractivity contribution in [2.75, 3.05) is 37.7 Å². The summed E-state index contributed by atoms with van der Waals surface area (Å²) in [5.74, 6) is 0.936. The summed E-state index contributed by atoms with van der Waals surface area (Å²) in [4.78, 5) is 29.6. The van der Waals surface area contributed by atoms with Gasteiger partial charge in [0.15, 0.2) is 11.5 Å². The topological polar surface area (TPSA) is 68.3 Å². The van der Waals surface area contributed by atoms with Crippen molar-refractivity contribution in [2.45, 2.75) is 25.6 Å². The van der Waals surface area contributed by atoms with Crippen LogP contribution in [0.25, 0.3) is 0 Å². The van der Waals surface area contributed by atoms with E-state index in [1.54, 1.807) is 4.90 Å². The zero-order chi connectivity index (χ0) is 21.4. The molecule has 31 heavy (non-hydrogen) atoms. The van der Waals surface area contributed by atoms with Crippen molar-refractivity contribution in [3.05, 3.63) is 54.1 Å². The molecule has 2 fully saturated rings. The largest absolute Gasteiger partial charge is 0.486 e. The number of fused-ring (bicyclic) bond motifs is 1. The number of hydrogen-bond acceptors (Lipinski definition) is 5. The highest BCUT2D eigenvalue weighted by Crippen LogP contribution is 2.36. The summed E-state index contributed by atoms with van der Waals surface area (Å²) in [6, 6.07) is 15.5. The van der Waals surface area contributed by atoms with Crippen molar-refractivity contribution >= 4 is 17.5 Å². The Labute approximate surface area is 181 Å². The van der Waals surface area contributed by atoms with Gasteiger partial charge < -0.3 is 24.0 Å². The van der Waals surface area contributed by atoms with Crippen LogP contribution in [0.2, 0.25) is 0 Å². The van der Waals surface area contributed by atoms with Gasteiger partial charge in [-0.25, -0.2) is 0 Å². The van der Waals surface area contributed by atoms with Crippen LogP contribution < -0.4 is 14.4 Å². The Morgan fingerprint density at radius 2 is 1.74 bits per heavy atom. The van der Waals surface area contributed by atoms with Crippen LogP contribution in [0.3, 0.4) is 0 Å². The fourth-order valence-corrected chi connectivity index (χ4v) is 4.56. The number of morpholine rings is 1. The molecule has 7 nitrogen and oxygen atoms in total. The fourth-order valence-electron chi connectivity index (χ4n) is 4.56. The molecule has 3 aliphatic heterocycles. The molecule has 3 unspecified atom stereocenters. The van der Waals surface area contributed by atoms with Crippen molar-refractivity contribution in [3.63, 3.8) is 0 Å². The van der Waals surface area contributed by atoms with E-state index in [0.717, 1.165) is 11.3 Å². The molecule has 0 aliphatic carbocycles. The summed E-state index contributed by atoms with van der Waals surface area (Å²) in [5, 5.41) is 0. The van der Waals surface area contributed by atoms with Gasteiger partial charge in [-0.2, -0.15) is 0 Å². The third-order valence-corrected chi connectivity index (χ3v) is 6.06. The minimum atomic E-state index is -0.359. The molecule has 3 aliphatic rings. The van der Waals surface area contributed by atoms with Crippen LogP contribution in [-0.4, -0.2) is 55.7 Å². The average molecular weight is 422 g/mol. The van der Waals surface area contributed by atoms with Gasteiger partial charge in [-0.15, -0.1) is 0 Å². The third-order valence-electron chi connectivity index (χ3n) is 6.06. The molecule has 5 rings (SSSR count). The fraction of sp³-hybridized carbons (Fsp3) is 0.417. The normalized spacial score (nSPS) is 25.6. The lowest BCUT2D eigenvalue weighted by atomic mass is 10.0. The molecular weight excluding hydrogens is 396 g/mol. The maximum Gasteiger partial charge on any atom is 0.228 e. The minimum Gasteiger partial charge on any atom is -0.486 e. The van der Waals surface area contributed by atoms with E-state index in [4.69, 9.17) is 14.2 Å². The van der Waals surface area contributed by atoms with E-state index >= 15 is 0 Å². The first-order valence-electron chi connectivity index (χ1n) is 10.8. The summed E-state index contributed by atoms with van der Waals surface area (Å²) in [6.45, 7) is 4.41. The van der Waals surface area contributed by atoms with Crippen molar-refractivity contribution in [2.24, 2.45) is 5.92 Å². The zero-order valence-corrected chi connectivity index (χ0v) is 17.5. The van der Waals surface area contributed by atoms with Crippen molar-refractivity contribution in [1.82, 2.24) is 4.90 Å². The van der Waals surface area contributed by atoms with Gasteiger partial charge in [0, 0.05) is 31.3 Å². The second kappa shape index (κ2) is 8.23. The number of benzene rings is 2. The molecule has 2 aromatic carbocycles. The van der Waals surface area contributed by atoms with Crippen LogP contribution in [0.4, 0.5) is 5.69 Å². The highest BCUT2D eigenvalue weighted by Gasteiger charge is 2.40. The molecule has 0 N–H and O–H groups in total. The maximum absolute atomic E-state index is 13.3. The van der Waals surface area contributed by atoms with Crippen LogP contribution in [0.1, 0.15) is 25.0 Å². The Morgan fingerprint density at radius 1 is 0.968 bits per heavy atom. The molecule has 0 aromatic heterocycles. The smallest absolute Gasteiger partial charge is 0.228 e. The number of nitrogens with zero attached hydrogens (tertiary/aromatic N) is 2. The summed E-state index contributed by atoms with van der Waals surface area (Å²) in [5.41, 5.74) is 1.80. The minimum absolute atomic E-state index is 0.0180. The van der Waals surface area contributed by atoms with Crippen molar-refractivity contribution in [3.8, 4) is 11.5 Å². The number of anilines is 1. The number of carbonyl (C=O) groups is 2. The standard InChI is InChI=1S/C24H26N2O5/c1-16-13-25(15-22(31-16)17-5-3-2-4-6-17)24(28)18-11-23(27)26(14-18)19-7-8-20-21(12-19)30-10-9-29-20/h2-8,12,16,18,22H,9-11,13-15H2,1H3. The molecule has 2 saturated heterocycles. The first-order chi connectivity index (χ1) is 15.1. The van der Waals surface area contributed by atoms with Crippen LogP contribution in [0, 0.1) is 5.92 Å². The molecule has 0 bridgehead atoms. The molecule has 7 heteroatoms. The first kappa shape index (κ1) is 19.9. The van der Waals surface area contributed by atoms with Crippen molar-refractivity contribution in [1.29, 1.82) is 0 Å². The van der Waals surface area contributed by atoms with E-state index in [0.29, 0.717) is 44.3 Å². The number of carbonyl (C=O) groups excluding carboxylic acids is 2. The second-order valence-electron chi connectivity index (χ2n) is 8.32. The molecule has 162 valence electrons. The Bertz CT molecular complexity index is 979. The third kappa shape index (κ3) is 3.97. The molecule has 0 radical (unpaired) electrons. The summed E-state index contributed by atoms with van der Waals surface area (Å²) >= 11 is 0. The molecular formula is C24H26N2O5. The predicted molar refractivity (Wildman–Crippen MR) is 114 cm³/mol. The van der Waals surface area contributed by atoms with Gasteiger partial charge in [0.05, 0.1) is 18.6 Å². The van der Waals surface area contributed by atoms with E-state index in [2.05, 4.69) is 0 Å². The number of ether oxygens (including phenoxy) is 3. The van der Waals surface area contributed by atoms with Crippen LogP contribution >= 0.6 is 0 Å². The monoisotopic (exact) mass is 422 g/mol. The van der Waals surface area contributed by atoms with Crippen molar-refractivity contribution < 1.29 is 23.8 Å². The second-order valence-corrected chi connectivity index (χ2v) is 8.32. The van der Waals surface area contributed by atoms with Crippen LogP contribution in [0.15, 0.2) is 48.5 Å². The number of amides is 2. The van der Waals surface area contributed by atoms with E-state index in [9.17, 15) is 9.59 Å². The highest BCUT2D eigenvalue weighted by molar-refractivity contribution is 6.00. The highest BCUT2D eigenvalue weighted by atomic mass is 16.6. The molecule has 2 amide bonds. The van der Waals surface area contributed by atoms with Gasteiger partial charge >= 0.3 is 0 Å². The van der Waals surface area contributed by atoms with E-state index in [1.165, 1.54) is 0 Å². The predicted octanol–water partition coefficient (Wildman–Crippen LogP) is 2.80. The zero-order valence-electron chi connectivity index (χ0n) is 17.5. The molecule has 0 saturated carbocycles. The maximum atomic E-state index is 13.3. The summed E-state index contributed by atoms with van der Waals surface area (Å²) in [7, 11) is 0. The Balaban J connectivity index is 1.29. The Morgan fingerprint density at radius 3 is 2.55 bits per heavy atom. The lowest BCUT2D eigenvalue weighted by Crippen LogP contribution is -2.48. The van der Waals surface area contributed by atoms with E-state index in [1.807, 2.05) is 60.4 Å². The number of hydrogen-bond donors (Lipinski definition) is 0. The van der Waals surface area contributed by atoms with Gasteiger partial charge in [-0.3, -0.25) is 9.59 Å². The average Bonchev–Trinajstić information content (AvgIpc) is 3.20. The van der Waals surface area contributed by atoms with Gasteiger partial charge in [0.1, 0.15) is 19.3 Å². The lowest BCUT2D eigenvalue weighted by Gasteiger charge is -2.38. The lowest BCUT2D eigenvalue weighted by molar-refractivity contribution is -0.148. The SMILES string of the molecule is CC1CN(C(=O)C2CC(=O)N(c3ccc4c(c3)OCCO4)C2)CC(c2ccccc2)O1. The van der Waals surface area contributed by atoms with Crippen LogP contribution in [-0.2, 0) is 14.3 Å².